The number of anilines is 1. The quantitative estimate of drug-likeness (QED) is 0.654. The van der Waals surface area contributed by atoms with Crippen LogP contribution in [0, 0.1) is 6.92 Å². The second kappa shape index (κ2) is 7.63. The summed E-state index contributed by atoms with van der Waals surface area (Å²) < 4.78 is 27.3. The zero-order valence-corrected chi connectivity index (χ0v) is 15.4. The number of aryl methyl sites for hydroxylation is 1. The molecular weight excluding hydrogens is 352 g/mol. The van der Waals surface area contributed by atoms with E-state index in [1.165, 1.54) is 7.05 Å². The van der Waals surface area contributed by atoms with Crippen molar-refractivity contribution >= 4 is 15.8 Å². The number of nitrogens with one attached hydrogen (secondary N) is 2. The smallest absolute Gasteiger partial charge is 0.215 e. The summed E-state index contributed by atoms with van der Waals surface area (Å²) in [5.41, 5.74) is 2.60. The molecule has 1 aromatic carbocycles. The van der Waals surface area contributed by atoms with Gasteiger partial charge >= 0.3 is 0 Å². The van der Waals surface area contributed by atoms with Crippen molar-refractivity contribution in [3.8, 4) is 5.82 Å². The van der Waals surface area contributed by atoms with E-state index in [1.807, 2.05) is 49.5 Å². The molecule has 9 heteroatoms. The van der Waals surface area contributed by atoms with Gasteiger partial charge in [-0.3, -0.25) is 0 Å². The van der Waals surface area contributed by atoms with Gasteiger partial charge < -0.3 is 5.32 Å². The molecule has 0 aliphatic heterocycles. The summed E-state index contributed by atoms with van der Waals surface area (Å²) in [5.74, 6) is 1.23. The maximum absolute atomic E-state index is 11.7. The van der Waals surface area contributed by atoms with E-state index in [0.717, 1.165) is 16.8 Å². The number of aromatic nitrogens is 4. The zero-order valence-electron chi connectivity index (χ0n) is 14.5. The summed E-state index contributed by atoms with van der Waals surface area (Å²) in [6, 6.07) is 13.0. The first-order valence-corrected chi connectivity index (χ1v) is 9.70. The number of rotatable bonds is 7. The molecule has 0 radical (unpaired) electrons. The van der Waals surface area contributed by atoms with Crippen LogP contribution >= 0.6 is 0 Å². The molecule has 0 atom stereocenters. The minimum Gasteiger partial charge on any atom is -0.365 e. The van der Waals surface area contributed by atoms with E-state index in [-0.39, 0.29) is 5.75 Å². The first kappa shape index (κ1) is 18.0. The molecule has 3 rings (SSSR count). The summed E-state index contributed by atoms with van der Waals surface area (Å²) in [7, 11) is -1.88. The van der Waals surface area contributed by atoms with E-state index < -0.39 is 10.0 Å². The van der Waals surface area contributed by atoms with Gasteiger partial charge in [-0.25, -0.2) is 17.8 Å². The highest BCUT2D eigenvalue weighted by Gasteiger charge is 2.09. The molecule has 0 spiro atoms. The van der Waals surface area contributed by atoms with Crippen LogP contribution in [-0.4, -0.2) is 35.4 Å². The van der Waals surface area contributed by atoms with Gasteiger partial charge in [-0.2, -0.15) is 5.10 Å². The lowest BCUT2D eigenvalue weighted by molar-refractivity contribution is 0.587. The fraction of sp³-hybridized carbons (Fsp3) is 0.235. The Kier molecular flexibility index (Phi) is 5.29. The molecule has 2 heterocycles. The second-order valence-corrected chi connectivity index (χ2v) is 7.74. The molecule has 3 aromatic rings. The van der Waals surface area contributed by atoms with Crippen LogP contribution in [0.15, 0.2) is 48.7 Å². The Balaban J connectivity index is 1.64. The minimum atomic E-state index is -3.29. The van der Waals surface area contributed by atoms with Gasteiger partial charge in [0.15, 0.2) is 5.82 Å². The largest absolute Gasteiger partial charge is 0.365 e. The number of hydrogen-bond donors (Lipinski definition) is 2. The number of hydrogen-bond acceptors (Lipinski definition) is 6. The van der Waals surface area contributed by atoms with Crippen molar-refractivity contribution in [2.45, 2.75) is 19.2 Å². The SMILES string of the molecule is CNS(=O)(=O)Cc1cccc(CNc2ccc(-n3ccc(C)n3)nn2)c1. The molecule has 8 nitrogen and oxygen atoms in total. The van der Waals surface area contributed by atoms with Gasteiger partial charge in [0, 0.05) is 12.7 Å². The summed E-state index contributed by atoms with van der Waals surface area (Å²) in [6.07, 6.45) is 1.83. The molecule has 0 aliphatic carbocycles. The van der Waals surface area contributed by atoms with Gasteiger partial charge in [-0.1, -0.05) is 24.3 Å². The van der Waals surface area contributed by atoms with E-state index in [0.29, 0.717) is 18.2 Å². The molecule has 0 unspecified atom stereocenters. The third-order valence-corrected chi connectivity index (χ3v) is 5.08. The van der Waals surface area contributed by atoms with Crippen molar-refractivity contribution in [1.29, 1.82) is 0 Å². The Morgan fingerprint density at radius 3 is 2.54 bits per heavy atom. The fourth-order valence-corrected chi connectivity index (χ4v) is 3.16. The van der Waals surface area contributed by atoms with Crippen molar-refractivity contribution in [1.82, 2.24) is 24.7 Å². The summed E-state index contributed by atoms with van der Waals surface area (Å²) in [5, 5.41) is 15.8. The monoisotopic (exact) mass is 372 g/mol. The molecule has 26 heavy (non-hydrogen) atoms. The standard InChI is InChI=1S/C17H20N6O2S/c1-13-8-9-23(22-13)17-7-6-16(20-21-17)19-11-14-4-3-5-15(10-14)12-26(24,25)18-2/h3-10,18H,11-12H2,1-2H3,(H,19,20). The van der Waals surface area contributed by atoms with Crippen LogP contribution < -0.4 is 10.0 Å². The highest BCUT2D eigenvalue weighted by molar-refractivity contribution is 7.88. The van der Waals surface area contributed by atoms with Gasteiger partial charge in [0.2, 0.25) is 10.0 Å². The molecular formula is C17H20N6O2S. The predicted molar refractivity (Wildman–Crippen MR) is 99.3 cm³/mol. The third kappa shape index (κ3) is 4.64. The van der Waals surface area contributed by atoms with E-state index in [1.54, 1.807) is 10.7 Å². The Bertz CT molecular complexity index is 982. The van der Waals surface area contributed by atoms with Crippen molar-refractivity contribution in [3.05, 3.63) is 65.5 Å². The average molecular weight is 372 g/mol. The van der Waals surface area contributed by atoms with E-state index in [2.05, 4.69) is 25.3 Å². The van der Waals surface area contributed by atoms with Crippen LogP contribution in [-0.2, 0) is 22.3 Å². The van der Waals surface area contributed by atoms with E-state index in [9.17, 15) is 8.42 Å². The van der Waals surface area contributed by atoms with Crippen molar-refractivity contribution in [2.75, 3.05) is 12.4 Å². The van der Waals surface area contributed by atoms with Crippen molar-refractivity contribution < 1.29 is 8.42 Å². The van der Waals surface area contributed by atoms with Crippen LogP contribution in [0.5, 0.6) is 0 Å². The first-order chi connectivity index (χ1) is 12.4. The Morgan fingerprint density at radius 2 is 1.88 bits per heavy atom. The van der Waals surface area contributed by atoms with Gasteiger partial charge in [0.1, 0.15) is 5.82 Å². The Labute approximate surface area is 152 Å². The maximum Gasteiger partial charge on any atom is 0.215 e. The fourth-order valence-electron chi connectivity index (χ4n) is 2.40. The van der Waals surface area contributed by atoms with Gasteiger partial charge in [0.25, 0.3) is 0 Å². The Morgan fingerprint density at radius 1 is 1.08 bits per heavy atom. The number of benzene rings is 1. The second-order valence-electron chi connectivity index (χ2n) is 5.82. The van der Waals surface area contributed by atoms with Crippen LogP contribution in [0.2, 0.25) is 0 Å². The van der Waals surface area contributed by atoms with Crippen LogP contribution in [0.3, 0.4) is 0 Å². The normalized spacial score (nSPS) is 11.5. The lowest BCUT2D eigenvalue weighted by atomic mass is 10.1. The minimum absolute atomic E-state index is 0.0465. The zero-order chi connectivity index (χ0) is 18.6. The highest BCUT2D eigenvalue weighted by atomic mass is 32.2. The number of nitrogens with zero attached hydrogens (tertiary/aromatic N) is 4. The molecule has 0 aliphatic rings. The van der Waals surface area contributed by atoms with Gasteiger partial charge in [0.05, 0.1) is 11.4 Å². The predicted octanol–water partition coefficient (Wildman–Crippen LogP) is 1.63. The Hall–Kier alpha value is -2.78. The summed E-state index contributed by atoms with van der Waals surface area (Å²) in [6.45, 7) is 2.43. The van der Waals surface area contributed by atoms with Crippen molar-refractivity contribution in [3.63, 3.8) is 0 Å². The lowest BCUT2D eigenvalue weighted by Crippen LogP contribution is -2.20. The van der Waals surface area contributed by atoms with Crippen LogP contribution in [0.4, 0.5) is 5.82 Å². The van der Waals surface area contributed by atoms with E-state index >= 15 is 0 Å². The van der Waals surface area contributed by atoms with Crippen LogP contribution in [0.25, 0.3) is 5.82 Å². The van der Waals surface area contributed by atoms with Gasteiger partial charge in [-0.15, -0.1) is 10.2 Å². The van der Waals surface area contributed by atoms with E-state index in [4.69, 9.17) is 0 Å². The molecule has 0 saturated carbocycles. The third-order valence-electron chi connectivity index (χ3n) is 3.74. The molecule has 0 amide bonds. The summed E-state index contributed by atoms with van der Waals surface area (Å²) >= 11 is 0. The first-order valence-electron chi connectivity index (χ1n) is 8.04. The number of sulfonamides is 1. The molecule has 0 bridgehead atoms. The molecule has 0 fully saturated rings. The summed E-state index contributed by atoms with van der Waals surface area (Å²) in [4.78, 5) is 0. The maximum atomic E-state index is 11.7. The van der Waals surface area contributed by atoms with Gasteiger partial charge in [-0.05, 0) is 43.3 Å². The topological polar surface area (TPSA) is 102 Å². The molecule has 136 valence electrons. The average Bonchev–Trinajstić information content (AvgIpc) is 3.07. The molecule has 2 N–H and O–H groups in total. The highest BCUT2D eigenvalue weighted by Crippen LogP contribution is 2.12. The van der Waals surface area contributed by atoms with Crippen molar-refractivity contribution in [2.24, 2.45) is 0 Å². The van der Waals surface area contributed by atoms with Crippen LogP contribution in [0.1, 0.15) is 16.8 Å². The molecule has 0 saturated heterocycles. The lowest BCUT2D eigenvalue weighted by Gasteiger charge is -2.08. The molecule has 2 aromatic heterocycles.